The molecule has 0 saturated carbocycles. The highest BCUT2D eigenvalue weighted by molar-refractivity contribution is 7.09. The van der Waals surface area contributed by atoms with E-state index in [1.165, 1.54) is 0 Å². The van der Waals surface area contributed by atoms with E-state index >= 15 is 0 Å². The van der Waals surface area contributed by atoms with Gasteiger partial charge < -0.3 is 9.84 Å². The number of pyridine rings is 1. The van der Waals surface area contributed by atoms with E-state index in [1.807, 2.05) is 43.3 Å². The van der Waals surface area contributed by atoms with Crippen LogP contribution in [0.3, 0.4) is 0 Å². The van der Waals surface area contributed by atoms with Crippen LogP contribution in [0.1, 0.15) is 16.0 Å². The molecule has 0 aliphatic carbocycles. The van der Waals surface area contributed by atoms with Crippen LogP contribution >= 0.6 is 11.3 Å². The lowest BCUT2D eigenvalue weighted by molar-refractivity contribution is 0.451. The van der Waals surface area contributed by atoms with Crippen LogP contribution in [0.25, 0.3) is 0 Å². The Kier molecular flexibility index (Phi) is 3.93. The maximum Gasteiger partial charge on any atom is 0.307 e. The summed E-state index contributed by atoms with van der Waals surface area (Å²) in [5.41, 5.74) is 2.06. The Labute approximate surface area is 130 Å². The summed E-state index contributed by atoms with van der Waals surface area (Å²) in [6, 6.07) is 11.2. The van der Waals surface area contributed by atoms with Crippen molar-refractivity contribution in [1.29, 1.82) is 0 Å². The number of aryl methyl sites for hydroxylation is 1. The Balaban J connectivity index is 1.71. The topological polar surface area (TPSA) is 75.2 Å². The summed E-state index contributed by atoms with van der Waals surface area (Å²) < 4.78 is 5.65. The minimum atomic E-state index is -0.252. The molecule has 0 radical (unpaired) electrons. The molecule has 22 heavy (non-hydrogen) atoms. The molecule has 0 fully saturated rings. The molecule has 2 aromatic heterocycles. The number of thiazole rings is 1. The number of ether oxygens (including phenoxy) is 1. The number of rotatable bonds is 4. The summed E-state index contributed by atoms with van der Waals surface area (Å²) in [5, 5.41) is 9.59. The Bertz CT molecular complexity index is 820. The van der Waals surface area contributed by atoms with Crippen LogP contribution in [-0.4, -0.2) is 15.1 Å². The van der Waals surface area contributed by atoms with Crippen molar-refractivity contribution in [3.05, 3.63) is 68.3 Å². The van der Waals surface area contributed by atoms with E-state index in [0.29, 0.717) is 22.9 Å². The van der Waals surface area contributed by atoms with Crippen molar-refractivity contribution in [1.82, 2.24) is 9.97 Å². The van der Waals surface area contributed by atoms with Crippen molar-refractivity contribution in [2.45, 2.75) is 13.3 Å². The molecule has 0 unspecified atom stereocenters. The summed E-state index contributed by atoms with van der Waals surface area (Å²) in [6.07, 6.45) is 2.25. The molecular weight excluding hydrogens is 300 g/mol. The quantitative estimate of drug-likeness (QED) is 0.775. The zero-order chi connectivity index (χ0) is 15.5. The number of aromatic hydroxyl groups is 1. The monoisotopic (exact) mass is 314 g/mol. The van der Waals surface area contributed by atoms with Crippen molar-refractivity contribution in [3.63, 3.8) is 0 Å². The van der Waals surface area contributed by atoms with Gasteiger partial charge in [0.2, 0.25) is 11.8 Å². The normalized spacial score (nSPS) is 10.6. The van der Waals surface area contributed by atoms with Gasteiger partial charge in [0, 0.05) is 18.7 Å². The summed E-state index contributed by atoms with van der Waals surface area (Å²) in [4.78, 5) is 18.1. The molecule has 3 rings (SSSR count). The van der Waals surface area contributed by atoms with Crippen molar-refractivity contribution < 1.29 is 9.84 Å². The molecule has 2 heterocycles. The van der Waals surface area contributed by atoms with Gasteiger partial charge in [-0.2, -0.15) is 0 Å². The minimum absolute atomic E-state index is 0.0563. The van der Waals surface area contributed by atoms with E-state index in [9.17, 15) is 9.90 Å². The number of hydrogen-bond donors (Lipinski definition) is 2. The Hall–Kier alpha value is -2.60. The summed E-state index contributed by atoms with van der Waals surface area (Å²) in [6.45, 7) is 1.97. The van der Waals surface area contributed by atoms with Crippen molar-refractivity contribution in [2.24, 2.45) is 0 Å². The van der Waals surface area contributed by atoms with E-state index in [-0.39, 0.29) is 10.8 Å². The molecule has 6 heteroatoms. The molecular formula is C16H14N2O3S. The fourth-order valence-electron chi connectivity index (χ4n) is 1.97. The second-order valence-electron chi connectivity index (χ2n) is 4.88. The van der Waals surface area contributed by atoms with Crippen molar-refractivity contribution in [3.8, 4) is 17.5 Å². The molecule has 0 aliphatic rings. The number of H-pyrrole nitrogens is 1. The standard InChI is InChI=1S/C16H14N2O3S/c1-10-2-7-14(17-9-10)21-12-5-3-11(4-6-12)8-13-15(19)18-16(20)22-13/h2-7,9,19H,8H2,1H3,(H,18,20). The molecule has 0 bridgehead atoms. The van der Waals surface area contributed by atoms with Gasteiger partial charge in [-0.05, 0) is 30.2 Å². The van der Waals surface area contributed by atoms with Crippen LogP contribution in [0.2, 0.25) is 0 Å². The number of benzene rings is 1. The van der Waals surface area contributed by atoms with Crippen molar-refractivity contribution >= 4 is 11.3 Å². The van der Waals surface area contributed by atoms with Crippen LogP contribution < -0.4 is 9.61 Å². The third kappa shape index (κ3) is 3.35. The molecule has 2 N–H and O–H groups in total. The Morgan fingerprint density at radius 3 is 2.59 bits per heavy atom. The van der Waals surface area contributed by atoms with Gasteiger partial charge >= 0.3 is 4.87 Å². The first-order valence-electron chi connectivity index (χ1n) is 6.70. The third-order valence-electron chi connectivity index (χ3n) is 3.10. The average Bonchev–Trinajstić information content (AvgIpc) is 2.81. The molecule has 3 aromatic rings. The van der Waals surface area contributed by atoms with Gasteiger partial charge in [0.1, 0.15) is 5.75 Å². The SMILES string of the molecule is Cc1ccc(Oc2ccc(Cc3sc(=O)[nH]c3O)cc2)nc1. The van der Waals surface area contributed by atoms with E-state index in [4.69, 9.17) is 4.74 Å². The lowest BCUT2D eigenvalue weighted by Gasteiger charge is -2.06. The Morgan fingerprint density at radius 2 is 2.00 bits per heavy atom. The highest BCUT2D eigenvalue weighted by Gasteiger charge is 2.08. The van der Waals surface area contributed by atoms with Gasteiger partial charge in [0.25, 0.3) is 0 Å². The minimum Gasteiger partial charge on any atom is -0.494 e. The maximum atomic E-state index is 11.2. The number of hydrogen-bond acceptors (Lipinski definition) is 5. The fourth-order valence-corrected chi connectivity index (χ4v) is 2.73. The zero-order valence-corrected chi connectivity index (χ0v) is 12.7. The number of aromatic nitrogens is 2. The zero-order valence-electron chi connectivity index (χ0n) is 11.9. The molecule has 0 spiro atoms. The maximum absolute atomic E-state index is 11.2. The van der Waals surface area contributed by atoms with E-state index in [1.54, 1.807) is 6.20 Å². The smallest absolute Gasteiger partial charge is 0.307 e. The Morgan fingerprint density at radius 1 is 1.23 bits per heavy atom. The molecule has 0 atom stereocenters. The second-order valence-corrected chi connectivity index (χ2v) is 5.95. The van der Waals surface area contributed by atoms with Crippen molar-refractivity contribution in [2.75, 3.05) is 0 Å². The summed E-state index contributed by atoms with van der Waals surface area (Å²) in [7, 11) is 0. The van der Waals surface area contributed by atoms with E-state index in [0.717, 1.165) is 22.5 Å². The summed E-state index contributed by atoms with van der Waals surface area (Å²) >= 11 is 1.01. The average molecular weight is 314 g/mol. The molecule has 0 amide bonds. The lowest BCUT2D eigenvalue weighted by Crippen LogP contribution is -1.89. The van der Waals surface area contributed by atoms with Crippen LogP contribution in [0.5, 0.6) is 17.5 Å². The van der Waals surface area contributed by atoms with Crippen LogP contribution in [0.15, 0.2) is 47.4 Å². The fraction of sp³-hybridized carbons (Fsp3) is 0.125. The van der Waals surface area contributed by atoms with Crippen LogP contribution in [0, 0.1) is 6.92 Å². The molecule has 112 valence electrons. The molecule has 1 aromatic carbocycles. The first kappa shape index (κ1) is 14.3. The number of aromatic amines is 1. The van der Waals surface area contributed by atoms with Gasteiger partial charge in [0.15, 0.2) is 0 Å². The largest absolute Gasteiger partial charge is 0.494 e. The third-order valence-corrected chi connectivity index (χ3v) is 3.97. The predicted octanol–water partition coefficient (Wildman–Crippen LogP) is 3.23. The van der Waals surface area contributed by atoms with Gasteiger partial charge in [-0.3, -0.25) is 9.78 Å². The van der Waals surface area contributed by atoms with Gasteiger partial charge in [-0.25, -0.2) is 4.98 Å². The second kappa shape index (κ2) is 6.03. The molecule has 0 saturated heterocycles. The van der Waals surface area contributed by atoms with Crippen LogP contribution in [0.4, 0.5) is 0 Å². The van der Waals surface area contributed by atoms with Gasteiger partial charge in [-0.15, -0.1) is 0 Å². The lowest BCUT2D eigenvalue weighted by atomic mass is 10.1. The predicted molar refractivity (Wildman–Crippen MR) is 84.9 cm³/mol. The van der Waals surface area contributed by atoms with Gasteiger partial charge in [0.05, 0.1) is 4.88 Å². The highest BCUT2D eigenvalue weighted by atomic mass is 32.1. The molecule has 5 nitrogen and oxygen atoms in total. The summed E-state index contributed by atoms with van der Waals surface area (Å²) in [5.74, 6) is 1.17. The first-order chi connectivity index (χ1) is 10.6. The first-order valence-corrected chi connectivity index (χ1v) is 7.52. The highest BCUT2D eigenvalue weighted by Crippen LogP contribution is 2.23. The van der Waals surface area contributed by atoms with E-state index < -0.39 is 0 Å². The molecule has 0 aliphatic heterocycles. The number of nitrogens with one attached hydrogen (secondary N) is 1. The van der Waals surface area contributed by atoms with E-state index in [2.05, 4.69) is 9.97 Å². The van der Waals surface area contributed by atoms with Gasteiger partial charge in [-0.1, -0.05) is 29.5 Å². The number of nitrogens with zero attached hydrogens (tertiary/aromatic N) is 1. The van der Waals surface area contributed by atoms with Crippen LogP contribution in [-0.2, 0) is 6.42 Å².